The highest BCUT2D eigenvalue weighted by molar-refractivity contribution is 7.81. The predicted octanol–water partition coefficient (Wildman–Crippen LogP) is 4.65. The molecule has 0 fully saturated rings. The van der Waals surface area contributed by atoms with Gasteiger partial charge in [-0.2, -0.15) is 0 Å². The van der Waals surface area contributed by atoms with Crippen molar-refractivity contribution in [2.45, 2.75) is 13.8 Å². The molecule has 0 unspecified atom stereocenters. The summed E-state index contributed by atoms with van der Waals surface area (Å²) in [7, 11) is 0. The first-order chi connectivity index (χ1) is 11.9. The molecule has 0 aliphatic carbocycles. The standard InChI is InChI=1S/C19H17ClN2O2S/c1-3-24-19(23)13-8-12(20)9-14-15(13)16(21)17(22-14)18(25)11-6-4-10(2)5-7-11/h4-9,22H,3,21H2,1-2H3. The summed E-state index contributed by atoms with van der Waals surface area (Å²) in [6, 6.07) is 11.1. The molecular formula is C19H17ClN2O2S. The Morgan fingerprint density at radius 1 is 1.28 bits per heavy atom. The van der Waals surface area contributed by atoms with E-state index < -0.39 is 5.97 Å². The molecule has 0 amide bonds. The Bertz CT molecular complexity index is 977. The summed E-state index contributed by atoms with van der Waals surface area (Å²) < 4.78 is 5.11. The Balaban J connectivity index is 2.16. The van der Waals surface area contributed by atoms with Crippen molar-refractivity contribution in [3.8, 4) is 0 Å². The molecule has 0 radical (unpaired) electrons. The fourth-order valence-electron chi connectivity index (χ4n) is 2.72. The maximum Gasteiger partial charge on any atom is 0.338 e. The molecule has 0 bridgehead atoms. The predicted molar refractivity (Wildman–Crippen MR) is 106 cm³/mol. The summed E-state index contributed by atoms with van der Waals surface area (Å²) in [6.45, 7) is 4.03. The van der Waals surface area contributed by atoms with Crippen molar-refractivity contribution in [2.24, 2.45) is 0 Å². The zero-order chi connectivity index (χ0) is 18.1. The van der Waals surface area contributed by atoms with E-state index >= 15 is 0 Å². The second kappa shape index (κ2) is 6.86. The minimum Gasteiger partial charge on any atom is -0.462 e. The number of halogens is 1. The number of H-pyrrole nitrogens is 1. The number of carbonyl (C=O) groups is 1. The molecule has 128 valence electrons. The van der Waals surface area contributed by atoms with Gasteiger partial charge >= 0.3 is 5.97 Å². The lowest BCUT2D eigenvalue weighted by atomic mass is 10.0. The molecule has 1 aromatic heterocycles. The Morgan fingerprint density at radius 2 is 1.96 bits per heavy atom. The molecule has 0 spiro atoms. The number of aromatic amines is 1. The van der Waals surface area contributed by atoms with Gasteiger partial charge < -0.3 is 15.5 Å². The average molecular weight is 373 g/mol. The van der Waals surface area contributed by atoms with E-state index in [1.165, 1.54) is 0 Å². The van der Waals surface area contributed by atoms with Crippen LogP contribution >= 0.6 is 23.8 Å². The summed E-state index contributed by atoms with van der Waals surface area (Å²) in [5.74, 6) is -0.464. The van der Waals surface area contributed by atoms with Crippen LogP contribution in [0.1, 0.15) is 34.1 Å². The highest BCUT2D eigenvalue weighted by atomic mass is 35.5. The second-order valence-electron chi connectivity index (χ2n) is 5.71. The van der Waals surface area contributed by atoms with Gasteiger partial charge in [-0.1, -0.05) is 53.6 Å². The molecular weight excluding hydrogens is 356 g/mol. The third-order valence-electron chi connectivity index (χ3n) is 3.94. The number of nitrogens with one attached hydrogen (secondary N) is 1. The highest BCUT2D eigenvalue weighted by Crippen LogP contribution is 2.33. The molecule has 3 rings (SSSR count). The molecule has 3 aromatic rings. The number of anilines is 1. The van der Waals surface area contributed by atoms with Crippen LogP contribution in [0.5, 0.6) is 0 Å². The van der Waals surface area contributed by atoms with Gasteiger partial charge in [-0.25, -0.2) is 4.79 Å². The van der Waals surface area contributed by atoms with Crippen molar-refractivity contribution in [1.29, 1.82) is 0 Å². The number of nitrogen functional groups attached to an aromatic ring is 1. The van der Waals surface area contributed by atoms with E-state index in [-0.39, 0.29) is 6.61 Å². The molecule has 0 aliphatic rings. The number of hydrogen-bond acceptors (Lipinski definition) is 4. The molecule has 0 atom stereocenters. The summed E-state index contributed by atoms with van der Waals surface area (Å²) in [5.41, 5.74) is 10.3. The van der Waals surface area contributed by atoms with Gasteiger partial charge in [0.05, 0.1) is 33.9 Å². The SMILES string of the molecule is CCOC(=O)c1cc(Cl)cc2[nH]c(C(=S)c3ccc(C)cc3)c(N)c12. The zero-order valence-corrected chi connectivity index (χ0v) is 15.4. The monoisotopic (exact) mass is 372 g/mol. The number of ether oxygens (including phenoxy) is 1. The maximum absolute atomic E-state index is 12.3. The second-order valence-corrected chi connectivity index (χ2v) is 6.55. The number of aryl methyl sites for hydroxylation is 1. The minimum atomic E-state index is -0.464. The van der Waals surface area contributed by atoms with E-state index in [0.717, 1.165) is 11.1 Å². The average Bonchev–Trinajstić information content (AvgIpc) is 2.91. The Hall–Kier alpha value is -2.37. The Kier molecular flexibility index (Phi) is 4.79. The number of aromatic nitrogens is 1. The van der Waals surface area contributed by atoms with Crippen LogP contribution in [0, 0.1) is 6.92 Å². The van der Waals surface area contributed by atoms with Crippen molar-refractivity contribution in [2.75, 3.05) is 12.3 Å². The van der Waals surface area contributed by atoms with Gasteiger partial charge in [-0.05, 0) is 31.5 Å². The fourth-order valence-corrected chi connectivity index (χ4v) is 3.24. The lowest BCUT2D eigenvalue weighted by molar-refractivity contribution is 0.0528. The van der Waals surface area contributed by atoms with Crippen LogP contribution in [0.2, 0.25) is 5.02 Å². The first-order valence-electron chi connectivity index (χ1n) is 7.81. The van der Waals surface area contributed by atoms with Crippen molar-refractivity contribution in [1.82, 2.24) is 4.98 Å². The van der Waals surface area contributed by atoms with Crippen LogP contribution in [0.3, 0.4) is 0 Å². The molecule has 4 nitrogen and oxygen atoms in total. The maximum atomic E-state index is 12.3. The van der Waals surface area contributed by atoms with E-state index in [4.69, 9.17) is 34.3 Å². The van der Waals surface area contributed by atoms with Crippen LogP contribution in [-0.2, 0) is 4.74 Å². The van der Waals surface area contributed by atoms with Gasteiger partial charge in [0, 0.05) is 10.4 Å². The molecule has 0 aliphatic heterocycles. The molecule has 0 saturated carbocycles. The molecule has 2 aromatic carbocycles. The molecule has 0 saturated heterocycles. The number of fused-ring (bicyclic) bond motifs is 1. The summed E-state index contributed by atoms with van der Waals surface area (Å²) in [4.78, 5) is 16.0. The van der Waals surface area contributed by atoms with Crippen molar-refractivity contribution >= 4 is 51.2 Å². The largest absolute Gasteiger partial charge is 0.462 e. The van der Waals surface area contributed by atoms with E-state index in [0.29, 0.717) is 37.7 Å². The molecule has 3 N–H and O–H groups in total. The molecule has 6 heteroatoms. The first kappa shape index (κ1) is 17.5. The smallest absolute Gasteiger partial charge is 0.338 e. The Morgan fingerprint density at radius 3 is 2.60 bits per heavy atom. The molecule has 1 heterocycles. The third-order valence-corrected chi connectivity index (χ3v) is 4.60. The van der Waals surface area contributed by atoms with Crippen LogP contribution in [-0.4, -0.2) is 22.4 Å². The normalized spacial score (nSPS) is 10.8. The van der Waals surface area contributed by atoms with Crippen LogP contribution in [0.25, 0.3) is 10.9 Å². The van der Waals surface area contributed by atoms with Crippen LogP contribution in [0.4, 0.5) is 5.69 Å². The topological polar surface area (TPSA) is 68.1 Å². The van der Waals surface area contributed by atoms with Crippen LogP contribution < -0.4 is 5.73 Å². The zero-order valence-electron chi connectivity index (χ0n) is 13.9. The van der Waals surface area contributed by atoms with Gasteiger partial charge in [-0.15, -0.1) is 0 Å². The first-order valence-corrected chi connectivity index (χ1v) is 8.60. The van der Waals surface area contributed by atoms with Gasteiger partial charge in [-0.3, -0.25) is 0 Å². The van der Waals surface area contributed by atoms with E-state index in [9.17, 15) is 4.79 Å². The van der Waals surface area contributed by atoms with E-state index in [1.807, 2.05) is 31.2 Å². The third kappa shape index (κ3) is 3.25. The number of rotatable bonds is 4. The quantitative estimate of drug-likeness (QED) is 0.397. The summed E-state index contributed by atoms with van der Waals surface area (Å²) in [5, 5.41) is 0.997. The van der Waals surface area contributed by atoms with E-state index in [2.05, 4.69) is 4.98 Å². The number of thiocarbonyl (C=S) groups is 1. The lowest BCUT2D eigenvalue weighted by Gasteiger charge is -2.06. The number of hydrogen-bond donors (Lipinski definition) is 2. The van der Waals surface area contributed by atoms with Crippen molar-refractivity contribution < 1.29 is 9.53 Å². The molecule has 25 heavy (non-hydrogen) atoms. The summed E-state index contributed by atoms with van der Waals surface area (Å²) in [6.07, 6.45) is 0. The number of benzene rings is 2. The van der Waals surface area contributed by atoms with Crippen molar-refractivity contribution in [3.63, 3.8) is 0 Å². The van der Waals surface area contributed by atoms with E-state index in [1.54, 1.807) is 19.1 Å². The number of nitrogens with two attached hydrogens (primary N) is 1. The van der Waals surface area contributed by atoms with Gasteiger partial charge in [0.15, 0.2) is 0 Å². The van der Waals surface area contributed by atoms with Crippen LogP contribution in [0.15, 0.2) is 36.4 Å². The lowest BCUT2D eigenvalue weighted by Crippen LogP contribution is -2.06. The van der Waals surface area contributed by atoms with Gasteiger partial charge in [0.1, 0.15) is 0 Å². The number of carbonyl (C=O) groups excluding carboxylic acids is 1. The van der Waals surface area contributed by atoms with Gasteiger partial charge in [0.25, 0.3) is 0 Å². The number of esters is 1. The summed E-state index contributed by atoms with van der Waals surface area (Å²) >= 11 is 11.7. The van der Waals surface area contributed by atoms with Crippen molar-refractivity contribution in [3.05, 3.63) is 63.8 Å². The highest BCUT2D eigenvalue weighted by Gasteiger charge is 2.21. The Labute approximate surface area is 155 Å². The fraction of sp³-hybridized carbons (Fsp3) is 0.158. The van der Waals surface area contributed by atoms with Gasteiger partial charge in [0.2, 0.25) is 0 Å². The minimum absolute atomic E-state index is 0.270.